The summed E-state index contributed by atoms with van der Waals surface area (Å²) in [6.45, 7) is 6.47. The average Bonchev–Trinajstić information content (AvgIpc) is 2.17. The number of benzene rings is 1. The molecule has 0 aliphatic rings. The summed E-state index contributed by atoms with van der Waals surface area (Å²) in [5.41, 5.74) is 0.608. The second-order valence-electron chi connectivity index (χ2n) is 4.51. The van der Waals surface area contributed by atoms with Crippen LogP contribution >= 0.6 is 0 Å². The van der Waals surface area contributed by atoms with E-state index in [1.54, 1.807) is 12.1 Å². The van der Waals surface area contributed by atoms with Crippen molar-refractivity contribution < 1.29 is 9.90 Å². The Hall–Kier alpha value is -1.73. The van der Waals surface area contributed by atoms with Gasteiger partial charge >= 0.3 is 6.09 Å². The topological polar surface area (TPSA) is 40.5 Å². The summed E-state index contributed by atoms with van der Waals surface area (Å²) >= 11 is 0. The molecule has 84 valence electrons. The van der Waals surface area contributed by atoms with Gasteiger partial charge < -0.3 is 5.11 Å². The zero-order valence-electron chi connectivity index (χ0n) is 9.69. The van der Waals surface area contributed by atoms with Crippen molar-refractivity contribution in [2.45, 2.75) is 19.6 Å². The van der Waals surface area contributed by atoms with E-state index in [4.69, 9.17) is 11.5 Å². The molecule has 1 N–H and O–H groups in total. The predicted molar refractivity (Wildman–Crippen MR) is 68.8 cm³/mol. The zero-order chi connectivity index (χ0) is 12.3. The third-order valence-corrected chi connectivity index (χ3v) is 4.31. The SMILES string of the molecule is C#CN(C(=O)O)c1ccccc1[Si](C)(C)C. The van der Waals surface area contributed by atoms with Crippen LogP contribution in [0.3, 0.4) is 0 Å². The Morgan fingerprint density at radius 2 is 1.94 bits per heavy atom. The number of carboxylic acid groups (broad SMARTS) is 1. The fraction of sp³-hybridized carbons (Fsp3) is 0.250. The number of hydrogen-bond donors (Lipinski definition) is 1. The molecule has 16 heavy (non-hydrogen) atoms. The van der Waals surface area contributed by atoms with Crippen molar-refractivity contribution in [2.75, 3.05) is 4.90 Å². The van der Waals surface area contributed by atoms with Gasteiger partial charge in [-0.15, -0.1) is 0 Å². The van der Waals surface area contributed by atoms with Crippen LogP contribution in [0, 0.1) is 12.5 Å². The minimum absolute atomic E-state index is 0.608. The summed E-state index contributed by atoms with van der Waals surface area (Å²) in [6.07, 6.45) is 4.11. The van der Waals surface area contributed by atoms with Crippen LogP contribution < -0.4 is 10.1 Å². The Labute approximate surface area is 96.7 Å². The van der Waals surface area contributed by atoms with E-state index >= 15 is 0 Å². The van der Waals surface area contributed by atoms with Gasteiger partial charge in [-0.2, -0.15) is 0 Å². The minimum Gasteiger partial charge on any atom is -0.464 e. The molecule has 0 heterocycles. The molecule has 0 fully saturated rings. The third-order valence-electron chi connectivity index (χ3n) is 2.27. The lowest BCUT2D eigenvalue weighted by molar-refractivity contribution is 0.205. The first-order valence-corrected chi connectivity index (χ1v) is 8.46. The van der Waals surface area contributed by atoms with Crippen LogP contribution in [0.5, 0.6) is 0 Å². The first-order chi connectivity index (χ1) is 7.38. The van der Waals surface area contributed by atoms with Gasteiger partial charge in [0.2, 0.25) is 0 Å². The molecule has 3 nitrogen and oxygen atoms in total. The molecule has 0 atom stereocenters. The zero-order valence-corrected chi connectivity index (χ0v) is 10.7. The molecule has 0 saturated carbocycles. The summed E-state index contributed by atoms with van der Waals surface area (Å²) in [5, 5.41) is 10.1. The van der Waals surface area contributed by atoms with Gasteiger partial charge in [-0.05, 0) is 11.3 Å². The number of para-hydroxylation sites is 1. The maximum Gasteiger partial charge on any atom is 0.423 e. The number of rotatable bonds is 2. The summed E-state index contributed by atoms with van der Waals surface area (Å²) in [4.78, 5) is 11.9. The van der Waals surface area contributed by atoms with Crippen molar-refractivity contribution in [1.82, 2.24) is 0 Å². The van der Waals surface area contributed by atoms with Gasteiger partial charge in [-0.1, -0.05) is 44.3 Å². The van der Waals surface area contributed by atoms with E-state index in [0.29, 0.717) is 5.69 Å². The van der Waals surface area contributed by atoms with Gasteiger partial charge in [0.25, 0.3) is 0 Å². The smallest absolute Gasteiger partial charge is 0.423 e. The number of anilines is 1. The molecule has 1 rings (SSSR count). The lowest BCUT2D eigenvalue weighted by Gasteiger charge is -2.23. The van der Waals surface area contributed by atoms with E-state index in [-0.39, 0.29) is 0 Å². The first kappa shape index (κ1) is 12.3. The Morgan fingerprint density at radius 3 is 2.38 bits per heavy atom. The second kappa shape index (κ2) is 4.41. The molecule has 0 aliphatic heterocycles. The van der Waals surface area contributed by atoms with E-state index in [1.807, 2.05) is 12.1 Å². The molecular formula is C12H15NO2Si. The standard InChI is InChI=1S/C12H15NO2Si/c1-5-13(12(14)15)10-8-6-7-9-11(10)16(2,3)4/h1,6-9H,2-4H3,(H,14,15). The Bertz CT molecular complexity index is 443. The van der Waals surface area contributed by atoms with Crippen LogP contribution in [-0.4, -0.2) is 19.3 Å². The number of hydrogen-bond acceptors (Lipinski definition) is 1. The summed E-state index contributed by atoms with van der Waals surface area (Å²) < 4.78 is 0. The molecule has 0 unspecified atom stereocenters. The van der Waals surface area contributed by atoms with Crippen molar-refractivity contribution in [3.05, 3.63) is 24.3 Å². The fourth-order valence-corrected chi connectivity index (χ4v) is 3.09. The molecule has 0 bridgehead atoms. The number of amides is 1. The van der Waals surface area contributed by atoms with Crippen LogP contribution in [0.1, 0.15) is 0 Å². The number of terminal acetylenes is 1. The van der Waals surface area contributed by atoms with E-state index < -0.39 is 14.2 Å². The third kappa shape index (κ3) is 2.44. The maximum atomic E-state index is 11.0. The van der Waals surface area contributed by atoms with Crippen LogP contribution in [0.25, 0.3) is 0 Å². The highest BCUT2D eigenvalue weighted by Crippen LogP contribution is 2.16. The fourth-order valence-electron chi connectivity index (χ4n) is 1.53. The monoisotopic (exact) mass is 233 g/mol. The van der Waals surface area contributed by atoms with E-state index in [2.05, 4.69) is 25.7 Å². The largest absolute Gasteiger partial charge is 0.464 e. The molecular weight excluding hydrogens is 218 g/mol. The van der Waals surface area contributed by atoms with Crippen LogP contribution in [0.4, 0.5) is 10.5 Å². The van der Waals surface area contributed by atoms with Crippen molar-refractivity contribution in [2.24, 2.45) is 0 Å². The molecule has 0 aromatic heterocycles. The van der Waals surface area contributed by atoms with Gasteiger partial charge in [0.1, 0.15) is 0 Å². The molecule has 1 aromatic carbocycles. The lowest BCUT2D eigenvalue weighted by Crippen LogP contribution is -2.42. The van der Waals surface area contributed by atoms with Gasteiger partial charge in [0, 0.05) is 6.04 Å². The van der Waals surface area contributed by atoms with Crippen LogP contribution in [-0.2, 0) is 0 Å². The number of nitrogens with zero attached hydrogens (tertiary/aromatic N) is 1. The maximum absolute atomic E-state index is 11.0. The molecule has 0 radical (unpaired) electrons. The van der Waals surface area contributed by atoms with Gasteiger partial charge in [0.15, 0.2) is 0 Å². The first-order valence-electron chi connectivity index (χ1n) is 4.96. The van der Waals surface area contributed by atoms with Crippen LogP contribution in [0.15, 0.2) is 24.3 Å². The van der Waals surface area contributed by atoms with E-state index in [9.17, 15) is 4.79 Å². The second-order valence-corrected chi connectivity index (χ2v) is 9.55. The van der Waals surface area contributed by atoms with Gasteiger partial charge in [-0.25, -0.2) is 9.69 Å². The van der Waals surface area contributed by atoms with Gasteiger partial charge in [-0.3, -0.25) is 0 Å². The normalized spacial score (nSPS) is 10.6. The number of carbonyl (C=O) groups is 1. The highest BCUT2D eigenvalue weighted by molar-refractivity contribution is 6.89. The Balaban J connectivity index is 3.35. The lowest BCUT2D eigenvalue weighted by atomic mass is 10.3. The Morgan fingerprint density at radius 1 is 1.38 bits per heavy atom. The van der Waals surface area contributed by atoms with Crippen molar-refractivity contribution >= 4 is 25.0 Å². The highest BCUT2D eigenvalue weighted by Gasteiger charge is 2.24. The van der Waals surface area contributed by atoms with Crippen molar-refractivity contribution in [3.8, 4) is 12.5 Å². The summed E-state index contributed by atoms with van der Waals surface area (Å²) in [6, 6.07) is 9.60. The molecule has 1 amide bonds. The predicted octanol–water partition coefficient (Wildman–Crippen LogP) is 2.31. The summed E-state index contributed by atoms with van der Waals surface area (Å²) in [7, 11) is -1.60. The molecule has 0 spiro atoms. The molecule has 0 aliphatic carbocycles. The highest BCUT2D eigenvalue weighted by atomic mass is 28.3. The average molecular weight is 233 g/mol. The van der Waals surface area contributed by atoms with Crippen molar-refractivity contribution in [3.63, 3.8) is 0 Å². The quantitative estimate of drug-likeness (QED) is 0.484. The van der Waals surface area contributed by atoms with Crippen LogP contribution in [0.2, 0.25) is 19.6 Å². The molecule has 1 aromatic rings. The summed E-state index contributed by atoms with van der Waals surface area (Å²) in [5.74, 6) is 0. The van der Waals surface area contributed by atoms with E-state index in [0.717, 1.165) is 10.1 Å². The minimum atomic E-state index is -1.60. The molecule has 0 saturated heterocycles. The molecule has 4 heteroatoms. The van der Waals surface area contributed by atoms with Crippen molar-refractivity contribution in [1.29, 1.82) is 0 Å². The Kier molecular flexibility index (Phi) is 3.40. The van der Waals surface area contributed by atoms with Gasteiger partial charge in [0.05, 0.1) is 13.8 Å². The van der Waals surface area contributed by atoms with E-state index in [1.165, 1.54) is 0 Å².